The molecule has 1 aliphatic heterocycles. The van der Waals surface area contributed by atoms with Crippen LogP contribution in [0.5, 0.6) is 0 Å². The van der Waals surface area contributed by atoms with Crippen molar-refractivity contribution < 1.29 is 14.4 Å². The number of nitrogens with zero attached hydrogens (tertiary/aromatic N) is 3. The van der Waals surface area contributed by atoms with Crippen molar-refractivity contribution in [3.8, 4) is 0 Å². The Morgan fingerprint density at radius 3 is 2.86 bits per heavy atom. The maximum atomic E-state index is 12.3. The van der Waals surface area contributed by atoms with Crippen molar-refractivity contribution in [3.63, 3.8) is 0 Å². The second-order valence-corrected chi connectivity index (χ2v) is 5.80. The molecule has 3 rings (SSSR count). The Bertz CT molecular complexity index is 641. The third-order valence-corrected chi connectivity index (χ3v) is 4.00. The van der Waals surface area contributed by atoms with Crippen LogP contribution in [0.4, 0.5) is 0 Å². The fourth-order valence-electron chi connectivity index (χ4n) is 2.82. The summed E-state index contributed by atoms with van der Waals surface area (Å²) in [7, 11) is 0. The zero-order valence-electron chi connectivity index (χ0n) is 12.5. The van der Waals surface area contributed by atoms with Crippen LogP contribution in [-0.2, 0) is 17.6 Å². The predicted molar refractivity (Wildman–Crippen MR) is 79.0 cm³/mol. The Kier molecular flexibility index (Phi) is 4.20. The van der Waals surface area contributed by atoms with E-state index < -0.39 is 6.10 Å². The van der Waals surface area contributed by atoms with Crippen molar-refractivity contribution in [2.75, 3.05) is 13.1 Å². The van der Waals surface area contributed by atoms with Crippen molar-refractivity contribution in [2.45, 2.75) is 25.9 Å². The van der Waals surface area contributed by atoms with E-state index in [1.807, 2.05) is 25.1 Å². The second kappa shape index (κ2) is 6.27. The highest BCUT2D eigenvalue weighted by atomic mass is 16.5. The third kappa shape index (κ3) is 3.33. The molecular formula is C16H19N3O3. The van der Waals surface area contributed by atoms with E-state index in [9.17, 15) is 9.90 Å². The molecular weight excluding hydrogens is 282 g/mol. The number of β-amino-alcohol motifs (C(OH)–C–C–N with tert-alkyl or cyclic N) is 1. The summed E-state index contributed by atoms with van der Waals surface area (Å²) in [6, 6.07) is 5.53. The number of carbonyl (C=O) groups excluding carboxylic acids is 1. The van der Waals surface area contributed by atoms with Crippen LogP contribution in [0.15, 0.2) is 35.1 Å². The number of hydrogen-bond acceptors (Lipinski definition) is 5. The van der Waals surface area contributed by atoms with Gasteiger partial charge in [0.05, 0.1) is 18.2 Å². The van der Waals surface area contributed by atoms with Crippen LogP contribution in [0.2, 0.25) is 0 Å². The van der Waals surface area contributed by atoms with E-state index in [1.54, 1.807) is 17.3 Å². The van der Waals surface area contributed by atoms with Crippen molar-refractivity contribution in [3.05, 3.63) is 47.6 Å². The molecule has 0 aliphatic carbocycles. The van der Waals surface area contributed by atoms with Crippen LogP contribution < -0.4 is 0 Å². The predicted octanol–water partition coefficient (Wildman–Crippen LogP) is 0.983. The Hall–Kier alpha value is -2.21. The lowest BCUT2D eigenvalue weighted by Gasteiger charge is -2.15. The molecule has 0 spiro atoms. The highest BCUT2D eigenvalue weighted by molar-refractivity contribution is 5.79. The average molecular weight is 301 g/mol. The number of hydrogen-bond donors (Lipinski definition) is 1. The number of aliphatic hydroxyl groups is 1. The summed E-state index contributed by atoms with van der Waals surface area (Å²) in [5, 5.41) is 14.0. The first kappa shape index (κ1) is 14.7. The molecule has 2 atom stereocenters. The number of pyridine rings is 1. The van der Waals surface area contributed by atoms with E-state index in [0.717, 1.165) is 17.0 Å². The minimum atomic E-state index is -0.521. The first-order valence-corrected chi connectivity index (χ1v) is 7.39. The number of carbonyl (C=O) groups is 1. The highest BCUT2D eigenvalue weighted by Crippen LogP contribution is 2.22. The zero-order valence-corrected chi connectivity index (χ0v) is 12.5. The summed E-state index contributed by atoms with van der Waals surface area (Å²) in [6.07, 6.45) is 3.77. The molecule has 1 amide bonds. The van der Waals surface area contributed by atoms with Gasteiger partial charge in [0.15, 0.2) is 0 Å². The number of amides is 1. The average Bonchev–Trinajstić information content (AvgIpc) is 3.07. The molecule has 1 aliphatic rings. The van der Waals surface area contributed by atoms with Gasteiger partial charge in [-0.05, 0) is 24.6 Å². The molecule has 0 radical (unpaired) electrons. The second-order valence-electron chi connectivity index (χ2n) is 5.80. The van der Waals surface area contributed by atoms with Gasteiger partial charge in [0.25, 0.3) is 0 Å². The van der Waals surface area contributed by atoms with Gasteiger partial charge in [-0.3, -0.25) is 9.78 Å². The molecule has 6 nitrogen and oxygen atoms in total. The standard InChI is InChI=1S/C16H19N3O3/c1-11-6-14(22-18-11)8-13-9-19(10-15(13)20)16(21)7-12-2-4-17-5-3-12/h2-6,13,15,20H,7-10H2,1H3/t13-,15+/m1/s1. The van der Waals surface area contributed by atoms with E-state index in [0.29, 0.717) is 25.9 Å². The molecule has 116 valence electrons. The molecule has 0 aromatic carbocycles. The van der Waals surface area contributed by atoms with E-state index in [-0.39, 0.29) is 11.8 Å². The monoisotopic (exact) mass is 301 g/mol. The number of aromatic nitrogens is 2. The topological polar surface area (TPSA) is 79.5 Å². The van der Waals surface area contributed by atoms with E-state index in [2.05, 4.69) is 10.1 Å². The fourth-order valence-corrected chi connectivity index (χ4v) is 2.82. The minimum Gasteiger partial charge on any atom is -0.391 e. The van der Waals surface area contributed by atoms with Gasteiger partial charge in [-0.2, -0.15) is 0 Å². The first-order chi connectivity index (χ1) is 10.6. The van der Waals surface area contributed by atoms with Gasteiger partial charge in [-0.1, -0.05) is 5.16 Å². The van der Waals surface area contributed by atoms with Crippen LogP contribution in [0.1, 0.15) is 17.0 Å². The third-order valence-electron chi connectivity index (χ3n) is 4.00. The van der Waals surface area contributed by atoms with Crippen molar-refractivity contribution in [1.29, 1.82) is 0 Å². The molecule has 0 unspecified atom stereocenters. The molecule has 0 saturated carbocycles. The summed E-state index contributed by atoms with van der Waals surface area (Å²) < 4.78 is 5.19. The normalized spacial score (nSPS) is 21.3. The van der Waals surface area contributed by atoms with Gasteiger partial charge in [0.1, 0.15) is 5.76 Å². The first-order valence-electron chi connectivity index (χ1n) is 7.39. The SMILES string of the molecule is Cc1cc(C[C@@H]2CN(C(=O)Cc3ccncc3)C[C@@H]2O)on1. The Balaban J connectivity index is 1.59. The van der Waals surface area contributed by atoms with Gasteiger partial charge < -0.3 is 14.5 Å². The number of rotatable bonds is 4. The maximum Gasteiger partial charge on any atom is 0.227 e. The van der Waals surface area contributed by atoms with Gasteiger partial charge >= 0.3 is 0 Å². The Labute approximate surface area is 128 Å². The van der Waals surface area contributed by atoms with Crippen LogP contribution in [-0.4, -0.2) is 45.2 Å². The largest absolute Gasteiger partial charge is 0.391 e. The van der Waals surface area contributed by atoms with Crippen LogP contribution in [0, 0.1) is 12.8 Å². The molecule has 0 bridgehead atoms. The van der Waals surface area contributed by atoms with E-state index in [4.69, 9.17) is 4.52 Å². The summed E-state index contributed by atoms with van der Waals surface area (Å²) in [5.74, 6) is 0.778. The lowest BCUT2D eigenvalue weighted by molar-refractivity contribution is -0.129. The molecule has 2 aromatic heterocycles. The molecule has 1 saturated heterocycles. The summed E-state index contributed by atoms with van der Waals surface area (Å²) in [6.45, 7) is 2.79. The van der Waals surface area contributed by atoms with Crippen molar-refractivity contribution >= 4 is 5.91 Å². The molecule has 1 N–H and O–H groups in total. The molecule has 2 aromatic rings. The van der Waals surface area contributed by atoms with E-state index >= 15 is 0 Å². The Morgan fingerprint density at radius 2 is 2.18 bits per heavy atom. The lowest BCUT2D eigenvalue weighted by atomic mass is 10.0. The summed E-state index contributed by atoms with van der Waals surface area (Å²) >= 11 is 0. The molecule has 6 heteroatoms. The smallest absolute Gasteiger partial charge is 0.227 e. The van der Waals surface area contributed by atoms with Crippen LogP contribution in [0.25, 0.3) is 0 Å². The van der Waals surface area contributed by atoms with Crippen molar-refractivity contribution in [2.24, 2.45) is 5.92 Å². The van der Waals surface area contributed by atoms with Gasteiger partial charge in [0.2, 0.25) is 5.91 Å². The molecule has 3 heterocycles. The van der Waals surface area contributed by atoms with E-state index in [1.165, 1.54) is 0 Å². The molecule has 22 heavy (non-hydrogen) atoms. The van der Waals surface area contributed by atoms with Gasteiger partial charge in [-0.15, -0.1) is 0 Å². The Morgan fingerprint density at radius 1 is 1.41 bits per heavy atom. The number of aryl methyl sites for hydroxylation is 1. The maximum absolute atomic E-state index is 12.3. The summed E-state index contributed by atoms with van der Waals surface area (Å²) in [4.78, 5) is 18.0. The van der Waals surface area contributed by atoms with Crippen LogP contribution in [0.3, 0.4) is 0 Å². The molecule has 1 fully saturated rings. The van der Waals surface area contributed by atoms with Gasteiger partial charge in [-0.25, -0.2) is 0 Å². The van der Waals surface area contributed by atoms with Crippen molar-refractivity contribution in [1.82, 2.24) is 15.0 Å². The minimum absolute atomic E-state index is 0.00580. The summed E-state index contributed by atoms with van der Waals surface area (Å²) in [5.41, 5.74) is 1.76. The highest BCUT2D eigenvalue weighted by Gasteiger charge is 2.34. The fraction of sp³-hybridized carbons (Fsp3) is 0.438. The zero-order chi connectivity index (χ0) is 15.5. The van der Waals surface area contributed by atoms with Crippen LogP contribution >= 0.6 is 0 Å². The quantitative estimate of drug-likeness (QED) is 0.910. The lowest BCUT2D eigenvalue weighted by Crippen LogP contribution is -2.31. The number of aliphatic hydroxyl groups excluding tert-OH is 1. The number of likely N-dealkylation sites (tertiary alicyclic amines) is 1. The van der Waals surface area contributed by atoms with Gasteiger partial charge in [0, 0.05) is 43.9 Å².